The standard InChI is InChI=1S/C15H18ClN5/c1-2-13-9-21(19-18-13)8-10-3-4-14(17-15(10)16)20-6-11-5-12(11)7-20/h3-4,9,11-12H,2,5-8H2,1H3. The summed E-state index contributed by atoms with van der Waals surface area (Å²) < 4.78 is 1.81. The molecule has 21 heavy (non-hydrogen) atoms. The Kier molecular flexibility index (Phi) is 3.10. The van der Waals surface area contributed by atoms with Gasteiger partial charge >= 0.3 is 0 Å². The fourth-order valence-electron chi connectivity index (χ4n) is 3.09. The third kappa shape index (κ3) is 2.50. The molecule has 5 nitrogen and oxygen atoms in total. The van der Waals surface area contributed by atoms with Crippen molar-refractivity contribution < 1.29 is 0 Å². The van der Waals surface area contributed by atoms with E-state index >= 15 is 0 Å². The van der Waals surface area contributed by atoms with Gasteiger partial charge in [0.15, 0.2) is 0 Å². The lowest BCUT2D eigenvalue weighted by molar-refractivity contribution is 0.647. The summed E-state index contributed by atoms with van der Waals surface area (Å²) in [5.74, 6) is 2.80. The van der Waals surface area contributed by atoms with Crippen LogP contribution in [0.4, 0.5) is 5.82 Å². The first-order valence-corrected chi connectivity index (χ1v) is 7.90. The molecular weight excluding hydrogens is 286 g/mol. The van der Waals surface area contributed by atoms with Crippen molar-refractivity contribution in [1.82, 2.24) is 20.0 Å². The van der Waals surface area contributed by atoms with Gasteiger partial charge in [-0.3, -0.25) is 0 Å². The van der Waals surface area contributed by atoms with Crippen LogP contribution < -0.4 is 4.90 Å². The van der Waals surface area contributed by atoms with E-state index in [9.17, 15) is 0 Å². The lowest BCUT2D eigenvalue weighted by atomic mass is 10.2. The zero-order valence-electron chi connectivity index (χ0n) is 12.0. The molecule has 0 N–H and O–H groups in total. The van der Waals surface area contributed by atoms with Crippen LogP contribution in [0.1, 0.15) is 24.6 Å². The number of aromatic nitrogens is 4. The molecule has 110 valence electrons. The van der Waals surface area contributed by atoms with Gasteiger partial charge in [-0.15, -0.1) is 5.10 Å². The predicted octanol–water partition coefficient (Wildman–Crippen LogP) is 2.39. The Bertz CT molecular complexity index is 658. The van der Waals surface area contributed by atoms with E-state index in [1.54, 1.807) is 0 Å². The van der Waals surface area contributed by atoms with Crippen molar-refractivity contribution >= 4 is 17.4 Å². The zero-order chi connectivity index (χ0) is 14.4. The highest BCUT2D eigenvalue weighted by molar-refractivity contribution is 6.30. The lowest BCUT2D eigenvalue weighted by Gasteiger charge is -2.19. The van der Waals surface area contributed by atoms with Crippen LogP contribution in [0.25, 0.3) is 0 Å². The second kappa shape index (κ2) is 4.98. The third-order valence-electron chi connectivity index (χ3n) is 4.49. The van der Waals surface area contributed by atoms with Crippen molar-refractivity contribution in [3.63, 3.8) is 0 Å². The molecule has 4 rings (SSSR count). The largest absolute Gasteiger partial charge is 0.356 e. The minimum Gasteiger partial charge on any atom is -0.356 e. The van der Waals surface area contributed by atoms with Gasteiger partial charge in [0.1, 0.15) is 11.0 Å². The third-order valence-corrected chi connectivity index (χ3v) is 4.82. The molecule has 2 fully saturated rings. The van der Waals surface area contributed by atoms with Crippen molar-refractivity contribution in [2.75, 3.05) is 18.0 Å². The molecule has 1 aliphatic heterocycles. The van der Waals surface area contributed by atoms with Gasteiger partial charge in [-0.25, -0.2) is 9.67 Å². The van der Waals surface area contributed by atoms with E-state index in [0.29, 0.717) is 11.7 Å². The monoisotopic (exact) mass is 303 g/mol. The van der Waals surface area contributed by atoms with Crippen molar-refractivity contribution in [3.8, 4) is 0 Å². The fraction of sp³-hybridized carbons (Fsp3) is 0.533. The second-order valence-corrected chi connectivity index (χ2v) is 6.40. The van der Waals surface area contributed by atoms with E-state index in [1.165, 1.54) is 6.42 Å². The predicted molar refractivity (Wildman–Crippen MR) is 81.6 cm³/mol. The number of hydrogen-bond acceptors (Lipinski definition) is 4. The van der Waals surface area contributed by atoms with E-state index in [2.05, 4.69) is 39.3 Å². The maximum absolute atomic E-state index is 6.35. The average Bonchev–Trinajstić information content (AvgIpc) is 2.90. The summed E-state index contributed by atoms with van der Waals surface area (Å²) in [5.41, 5.74) is 1.98. The first-order valence-electron chi connectivity index (χ1n) is 7.52. The number of piperidine rings is 1. The van der Waals surface area contributed by atoms with E-state index in [-0.39, 0.29) is 0 Å². The molecule has 1 saturated heterocycles. The number of nitrogens with zero attached hydrogens (tertiary/aromatic N) is 5. The lowest BCUT2D eigenvalue weighted by Crippen LogP contribution is -2.23. The van der Waals surface area contributed by atoms with E-state index in [4.69, 9.17) is 11.6 Å². The molecule has 2 atom stereocenters. The molecule has 2 aromatic rings. The quantitative estimate of drug-likeness (QED) is 0.814. The number of pyridine rings is 1. The van der Waals surface area contributed by atoms with Crippen LogP contribution >= 0.6 is 11.6 Å². The molecule has 0 bridgehead atoms. The number of rotatable bonds is 4. The fourth-order valence-corrected chi connectivity index (χ4v) is 3.29. The minimum atomic E-state index is 0.571. The molecule has 2 aliphatic rings. The molecule has 0 aromatic carbocycles. The Hall–Kier alpha value is -1.62. The van der Waals surface area contributed by atoms with Crippen LogP contribution in [-0.2, 0) is 13.0 Å². The van der Waals surface area contributed by atoms with Crippen molar-refractivity contribution in [1.29, 1.82) is 0 Å². The summed E-state index contributed by atoms with van der Waals surface area (Å²) in [4.78, 5) is 6.91. The van der Waals surface area contributed by atoms with Crippen molar-refractivity contribution in [3.05, 3.63) is 34.7 Å². The Morgan fingerprint density at radius 1 is 1.29 bits per heavy atom. The topological polar surface area (TPSA) is 46.8 Å². The molecule has 0 amide bonds. The summed E-state index contributed by atoms with van der Waals surface area (Å²) in [5, 5.41) is 8.78. The zero-order valence-corrected chi connectivity index (χ0v) is 12.8. The average molecular weight is 304 g/mol. The van der Waals surface area contributed by atoms with Crippen LogP contribution in [0, 0.1) is 11.8 Å². The van der Waals surface area contributed by atoms with Gasteiger partial charge < -0.3 is 4.90 Å². The first kappa shape index (κ1) is 13.1. The van der Waals surface area contributed by atoms with Gasteiger partial charge in [-0.05, 0) is 30.7 Å². The van der Waals surface area contributed by atoms with Gasteiger partial charge in [0, 0.05) is 24.8 Å². The Balaban J connectivity index is 1.50. The number of aryl methyl sites for hydroxylation is 1. The molecule has 2 aromatic heterocycles. The van der Waals surface area contributed by atoms with Crippen LogP contribution in [0.15, 0.2) is 18.3 Å². The highest BCUT2D eigenvalue weighted by Crippen LogP contribution is 2.46. The summed E-state index contributed by atoms with van der Waals surface area (Å²) >= 11 is 6.35. The second-order valence-electron chi connectivity index (χ2n) is 6.04. The molecule has 6 heteroatoms. The summed E-state index contributed by atoms with van der Waals surface area (Å²) in [6.45, 7) is 4.95. The van der Waals surface area contributed by atoms with Gasteiger partial charge in [0.2, 0.25) is 0 Å². The highest BCUT2D eigenvalue weighted by Gasteiger charge is 2.45. The van der Waals surface area contributed by atoms with Crippen LogP contribution in [0.5, 0.6) is 0 Å². The van der Waals surface area contributed by atoms with Gasteiger partial charge in [0.05, 0.1) is 12.2 Å². The SMILES string of the molecule is CCc1cn(Cc2ccc(N3CC4CC4C3)nc2Cl)nn1. The van der Waals surface area contributed by atoms with E-state index < -0.39 is 0 Å². The van der Waals surface area contributed by atoms with Crippen molar-refractivity contribution in [2.24, 2.45) is 11.8 Å². The molecule has 1 aliphatic carbocycles. The summed E-state index contributed by atoms with van der Waals surface area (Å²) in [6, 6.07) is 4.13. The maximum Gasteiger partial charge on any atom is 0.136 e. The molecule has 3 heterocycles. The Labute approximate surface area is 128 Å². The van der Waals surface area contributed by atoms with Crippen LogP contribution in [0.2, 0.25) is 5.15 Å². The minimum absolute atomic E-state index is 0.571. The van der Waals surface area contributed by atoms with Gasteiger partial charge in [-0.2, -0.15) is 0 Å². The summed E-state index contributed by atoms with van der Waals surface area (Å²) in [6.07, 6.45) is 4.24. The van der Waals surface area contributed by atoms with E-state index in [0.717, 1.165) is 48.4 Å². The maximum atomic E-state index is 6.35. The van der Waals surface area contributed by atoms with Gasteiger partial charge in [-0.1, -0.05) is 29.8 Å². The molecule has 0 spiro atoms. The van der Waals surface area contributed by atoms with E-state index in [1.807, 2.05) is 10.9 Å². The number of halogens is 1. The normalized spacial score (nSPS) is 23.4. The molecule has 1 saturated carbocycles. The van der Waals surface area contributed by atoms with Crippen LogP contribution in [-0.4, -0.2) is 33.1 Å². The number of hydrogen-bond donors (Lipinski definition) is 0. The first-order chi connectivity index (χ1) is 10.2. The molecule has 2 unspecified atom stereocenters. The molecular formula is C15H18ClN5. The van der Waals surface area contributed by atoms with Gasteiger partial charge in [0.25, 0.3) is 0 Å². The number of anilines is 1. The highest BCUT2D eigenvalue weighted by atomic mass is 35.5. The Morgan fingerprint density at radius 3 is 2.76 bits per heavy atom. The smallest absolute Gasteiger partial charge is 0.136 e. The Morgan fingerprint density at radius 2 is 2.10 bits per heavy atom. The summed E-state index contributed by atoms with van der Waals surface area (Å²) in [7, 11) is 0. The van der Waals surface area contributed by atoms with Crippen molar-refractivity contribution in [2.45, 2.75) is 26.3 Å². The number of fused-ring (bicyclic) bond motifs is 1. The molecule has 0 radical (unpaired) electrons. The van der Waals surface area contributed by atoms with Crippen LogP contribution in [0.3, 0.4) is 0 Å².